The summed E-state index contributed by atoms with van der Waals surface area (Å²) in [6, 6.07) is 13.1. The van der Waals surface area contributed by atoms with E-state index in [9.17, 15) is 4.79 Å². The van der Waals surface area contributed by atoms with Crippen LogP contribution in [0.15, 0.2) is 53.1 Å². The van der Waals surface area contributed by atoms with Gasteiger partial charge in [0.05, 0.1) is 23.7 Å². The first-order valence-corrected chi connectivity index (χ1v) is 9.07. The van der Waals surface area contributed by atoms with Crippen molar-refractivity contribution in [3.63, 3.8) is 0 Å². The van der Waals surface area contributed by atoms with Crippen LogP contribution in [0.3, 0.4) is 0 Å². The van der Waals surface area contributed by atoms with Crippen molar-refractivity contribution in [3.8, 4) is 5.75 Å². The lowest BCUT2D eigenvalue weighted by atomic mass is 10.1. The van der Waals surface area contributed by atoms with Crippen molar-refractivity contribution in [1.29, 1.82) is 0 Å². The lowest BCUT2D eigenvalue weighted by molar-refractivity contribution is 0.102. The van der Waals surface area contributed by atoms with E-state index < -0.39 is 0 Å². The number of aryl methyl sites for hydroxylation is 1. The minimum Gasteiger partial charge on any atom is -0.496 e. The Labute approximate surface area is 165 Å². The number of aromatic nitrogens is 2. The van der Waals surface area contributed by atoms with Gasteiger partial charge in [0, 0.05) is 11.2 Å². The van der Waals surface area contributed by atoms with E-state index in [1.54, 1.807) is 22.9 Å². The summed E-state index contributed by atoms with van der Waals surface area (Å²) in [4.78, 5) is 12.6. The van der Waals surface area contributed by atoms with Crippen LogP contribution in [0.5, 0.6) is 5.75 Å². The predicted molar refractivity (Wildman–Crippen MR) is 106 cm³/mol. The smallest absolute Gasteiger partial charge is 0.260 e. The molecular weight excluding hydrogens is 418 g/mol. The molecule has 3 aromatic rings. The van der Waals surface area contributed by atoms with Crippen LogP contribution in [0.4, 0.5) is 5.82 Å². The number of benzene rings is 2. The zero-order chi connectivity index (χ0) is 18.7. The van der Waals surface area contributed by atoms with E-state index >= 15 is 0 Å². The molecule has 7 heteroatoms. The topological polar surface area (TPSA) is 56.1 Å². The number of anilines is 1. The van der Waals surface area contributed by atoms with Crippen molar-refractivity contribution in [3.05, 3.63) is 74.8 Å². The van der Waals surface area contributed by atoms with Crippen LogP contribution in [0, 0.1) is 6.92 Å². The summed E-state index contributed by atoms with van der Waals surface area (Å²) in [5.41, 5.74) is 2.67. The Morgan fingerprint density at radius 3 is 2.85 bits per heavy atom. The number of nitrogens with one attached hydrogen (secondary N) is 1. The third-order valence-corrected chi connectivity index (χ3v) is 4.60. The highest BCUT2D eigenvalue weighted by Crippen LogP contribution is 2.26. The van der Waals surface area contributed by atoms with E-state index in [4.69, 9.17) is 16.3 Å². The fourth-order valence-electron chi connectivity index (χ4n) is 2.59. The largest absolute Gasteiger partial charge is 0.496 e. The van der Waals surface area contributed by atoms with Gasteiger partial charge in [-0.25, -0.2) is 0 Å². The van der Waals surface area contributed by atoms with Crippen LogP contribution in [0.25, 0.3) is 0 Å². The second kappa shape index (κ2) is 7.93. The maximum atomic E-state index is 12.6. The standard InChI is InChI=1S/C19H17BrClN3O2/c1-12-4-3-5-13(8-12)10-24-11-16(20)18(23-24)22-19(25)15-9-14(21)6-7-17(15)26-2/h3-9,11H,10H2,1-2H3,(H,22,23,25). The fourth-order valence-corrected chi connectivity index (χ4v) is 3.18. The number of carbonyl (C=O) groups excluding carboxylic acids is 1. The van der Waals surface area contributed by atoms with Crippen LogP contribution in [-0.4, -0.2) is 22.8 Å². The molecule has 0 atom stereocenters. The molecule has 0 unspecified atom stereocenters. The second-order valence-corrected chi connectivity index (χ2v) is 7.10. The fraction of sp³-hybridized carbons (Fsp3) is 0.158. The highest BCUT2D eigenvalue weighted by molar-refractivity contribution is 9.10. The van der Waals surface area contributed by atoms with Crippen molar-refractivity contribution in [2.45, 2.75) is 13.5 Å². The Morgan fingerprint density at radius 2 is 2.12 bits per heavy atom. The summed E-state index contributed by atoms with van der Waals surface area (Å²) in [5.74, 6) is 0.540. The summed E-state index contributed by atoms with van der Waals surface area (Å²) in [7, 11) is 1.51. The molecule has 134 valence electrons. The first kappa shape index (κ1) is 18.5. The molecule has 1 heterocycles. The maximum absolute atomic E-state index is 12.6. The first-order chi connectivity index (χ1) is 12.5. The molecule has 1 aromatic heterocycles. The minimum atomic E-state index is -0.342. The number of rotatable bonds is 5. The van der Waals surface area contributed by atoms with Crippen LogP contribution < -0.4 is 10.1 Å². The van der Waals surface area contributed by atoms with Crippen molar-refractivity contribution >= 4 is 39.3 Å². The molecule has 0 aliphatic rings. The summed E-state index contributed by atoms with van der Waals surface area (Å²) >= 11 is 9.44. The molecule has 0 saturated heterocycles. The van der Waals surface area contributed by atoms with Gasteiger partial charge < -0.3 is 10.1 Å². The summed E-state index contributed by atoms with van der Waals surface area (Å²) in [6.45, 7) is 2.66. The highest BCUT2D eigenvalue weighted by Gasteiger charge is 2.16. The van der Waals surface area contributed by atoms with Gasteiger partial charge in [0.2, 0.25) is 0 Å². The van der Waals surface area contributed by atoms with Crippen LogP contribution in [0.2, 0.25) is 5.02 Å². The van der Waals surface area contributed by atoms with Gasteiger partial charge in [-0.05, 0) is 46.6 Å². The zero-order valence-corrected chi connectivity index (χ0v) is 16.6. The van der Waals surface area contributed by atoms with E-state index in [1.165, 1.54) is 12.7 Å². The summed E-state index contributed by atoms with van der Waals surface area (Å²) in [5, 5.41) is 7.69. The van der Waals surface area contributed by atoms with Gasteiger partial charge in [-0.1, -0.05) is 41.4 Å². The average molecular weight is 435 g/mol. The monoisotopic (exact) mass is 433 g/mol. The molecule has 1 amide bonds. The molecule has 0 aliphatic heterocycles. The highest BCUT2D eigenvalue weighted by atomic mass is 79.9. The molecule has 0 aliphatic carbocycles. The number of carbonyl (C=O) groups is 1. The van der Waals surface area contributed by atoms with E-state index in [1.807, 2.05) is 31.3 Å². The van der Waals surface area contributed by atoms with Crippen LogP contribution >= 0.6 is 27.5 Å². The van der Waals surface area contributed by atoms with Gasteiger partial charge in [-0.3, -0.25) is 9.48 Å². The number of nitrogens with zero attached hydrogens (tertiary/aromatic N) is 2. The number of ether oxygens (including phenoxy) is 1. The predicted octanol–water partition coefficient (Wildman–Crippen LogP) is 4.92. The Bertz CT molecular complexity index is 956. The molecule has 2 aromatic carbocycles. The number of halogens is 2. The Balaban J connectivity index is 1.79. The lowest BCUT2D eigenvalue weighted by Gasteiger charge is -2.08. The SMILES string of the molecule is COc1ccc(Cl)cc1C(=O)Nc1nn(Cc2cccc(C)c2)cc1Br. The second-order valence-electron chi connectivity index (χ2n) is 5.81. The minimum absolute atomic E-state index is 0.342. The molecule has 0 radical (unpaired) electrons. The van der Waals surface area contributed by atoms with Gasteiger partial charge in [0.25, 0.3) is 5.91 Å². The van der Waals surface area contributed by atoms with Gasteiger partial charge >= 0.3 is 0 Å². The maximum Gasteiger partial charge on any atom is 0.260 e. The van der Waals surface area contributed by atoms with Crippen molar-refractivity contribution in [1.82, 2.24) is 9.78 Å². The zero-order valence-electron chi connectivity index (χ0n) is 14.3. The van der Waals surface area contributed by atoms with E-state index in [0.717, 1.165) is 5.56 Å². The van der Waals surface area contributed by atoms with Gasteiger partial charge in [0.15, 0.2) is 5.82 Å². The summed E-state index contributed by atoms with van der Waals surface area (Å²) < 4.78 is 7.69. The first-order valence-electron chi connectivity index (χ1n) is 7.89. The average Bonchev–Trinajstić information content (AvgIpc) is 2.94. The Morgan fingerprint density at radius 1 is 1.31 bits per heavy atom. The molecule has 0 bridgehead atoms. The Hall–Kier alpha value is -2.31. The molecular formula is C19H17BrClN3O2. The number of methoxy groups -OCH3 is 1. The molecule has 1 N–H and O–H groups in total. The van der Waals surface area contributed by atoms with Crippen LogP contribution in [0.1, 0.15) is 21.5 Å². The van der Waals surface area contributed by atoms with Crippen molar-refractivity contribution in [2.24, 2.45) is 0 Å². The van der Waals surface area contributed by atoms with Gasteiger partial charge in [0.1, 0.15) is 5.75 Å². The number of hydrogen-bond acceptors (Lipinski definition) is 3. The normalized spacial score (nSPS) is 10.6. The van der Waals surface area contributed by atoms with E-state index in [0.29, 0.717) is 33.2 Å². The molecule has 0 fully saturated rings. The van der Waals surface area contributed by atoms with Crippen molar-refractivity contribution < 1.29 is 9.53 Å². The number of hydrogen-bond donors (Lipinski definition) is 1. The van der Waals surface area contributed by atoms with E-state index in [-0.39, 0.29) is 5.91 Å². The third kappa shape index (κ3) is 4.26. The van der Waals surface area contributed by atoms with Crippen LogP contribution in [-0.2, 0) is 6.54 Å². The number of amides is 1. The quantitative estimate of drug-likeness (QED) is 0.620. The van der Waals surface area contributed by atoms with E-state index in [2.05, 4.69) is 32.4 Å². The Kier molecular flexibility index (Phi) is 5.64. The molecule has 3 rings (SSSR count). The molecule has 5 nitrogen and oxygen atoms in total. The van der Waals surface area contributed by atoms with Gasteiger partial charge in [-0.15, -0.1) is 0 Å². The molecule has 0 saturated carbocycles. The molecule has 0 spiro atoms. The molecule has 26 heavy (non-hydrogen) atoms. The van der Waals surface area contributed by atoms with Crippen molar-refractivity contribution in [2.75, 3.05) is 12.4 Å². The lowest BCUT2D eigenvalue weighted by Crippen LogP contribution is -2.14. The van der Waals surface area contributed by atoms with Gasteiger partial charge in [-0.2, -0.15) is 5.10 Å². The third-order valence-electron chi connectivity index (χ3n) is 3.78. The summed E-state index contributed by atoms with van der Waals surface area (Å²) in [6.07, 6.45) is 1.83.